The lowest BCUT2D eigenvalue weighted by Gasteiger charge is -2.27. The van der Waals surface area contributed by atoms with Gasteiger partial charge in [0, 0.05) is 25.3 Å². The van der Waals surface area contributed by atoms with Gasteiger partial charge < -0.3 is 25.6 Å². The molecule has 1 aliphatic heterocycles. The molecule has 1 aliphatic carbocycles. The van der Waals surface area contributed by atoms with E-state index in [1.54, 1.807) is 12.1 Å². The monoisotopic (exact) mass is 504 g/mol. The van der Waals surface area contributed by atoms with Crippen LogP contribution in [-0.2, 0) is 15.7 Å². The first kappa shape index (κ1) is 25.3. The first-order valence-electron chi connectivity index (χ1n) is 11.6. The van der Waals surface area contributed by atoms with Crippen LogP contribution in [0.25, 0.3) is 0 Å². The molecule has 3 N–H and O–H groups in total. The van der Waals surface area contributed by atoms with Crippen LogP contribution in [0.3, 0.4) is 0 Å². The number of anilines is 4. The summed E-state index contributed by atoms with van der Waals surface area (Å²) in [6, 6.07) is 4.98. The van der Waals surface area contributed by atoms with Crippen molar-refractivity contribution in [1.82, 2.24) is 14.9 Å². The molecule has 2 aliphatic rings. The third-order valence-electron chi connectivity index (χ3n) is 6.36. The number of carbonyl (C=O) groups excluding carboxylic acids is 2. The highest BCUT2D eigenvalue weighted by Gasteiger charge is 2.36. The Kier molecular flexibility index (Phi) is 7.32. The van der Waals surface area contributed by atoms with Crippen molar-refractivity contribution < 1.29 is 27.5 Å². The first-order valence-corrected chi connectivity index (χ1v) is 11.6. The van der Waals surface area contributed by atoms with Crippen molar-refractivity contribution in [2.24, 2.45) is 0 Å². The fraction of sp³-hybridized carbons (Fsp3) is 0.417. The molecule has 12 heteroatoms. The number of hydrogen-bond donors (Lipinski definition) is 3. The third kappa shape index (κ3) is 5.69. The van der Waals surface area contributed by atoms with E-state index in [1.807, 2.05) is 6.07 Å². The Hall–Kier alpha value is -3.83. The molecule has 1 atom stereocenters. The molecule has 0 radical (unpaired) electrons. The minimum Gasteiger partial charge on any atom is -0.453 e. The van der Waals surface area contributed by atoms with Crippen LogP contribution in [0.1, 0.15) is 42.7 Å². The summed E-state index contributed by atoms with van der Waals surface area (Å²) in [4.78, 5) is 33.1. The highest BCUT2D eigenvalue weighted by atomic mass is 19.4. The average Bonchev–Trinajstić information content (AvgIpc) is 3.26. The summed E-state index contributed by atoms with van der Waals surface area (Å²) in [6.07, 6.45) is 0.319. The smallest absolute Gasteiger partial charge is 0.421 e. The van der Waals surface area contributed by atoms with E-state index in [1.165, 1.54) is 12.0 Å². The van der Waals surface area contributed by atoms with Crippen LogP contribution in [0.2, 0.25) is 0 Å². The maximum atomic E-state index is 13.8. The van der Waals surface area contributed by atoms with E-state index in [0.29, 0.717) is 37.3 Å². The predicted molar refractivity (Wildman–Crippen MR) is 128 cm³/mol. The quantitative estimate of drug-likeness (QED) is 0.461. The molecular weight excluding hydrogens is 477 g/mol. The van der Waals surface area contributed by atoms with Crippen LogP contribution in [0.4, 0.5) is 41.1 Å². The number of aromatic nitrogens is 2. The van der Waals surface area contributed by atoms with Crippen molar-refractivity contribution in [2.45, 2.75) is 43.8 Å². The van der Waals surface area contributed by atoms with Crippen molar-refractivity contribution >= 4 is 35.1 Å². The van der Waals surface area contributed by atoms with E-state index in [9.17, 15) is 22.8 Å². The Bertz CT molecular complexity index is 1150. The zero-order chi connectivity index (χ0) is 25.9. The highest BCUT2D eigenvalue weighted by molar-refractivity contribution is 6.01. The van der Waals surface area contributed by atoms with E-state index in [2.05, 4.69) is 32.5 Å². The van der Waals surface area contributed by atoms with Gasteiger partial charge in [0.1, 0.15) is 11.4 Å². The summed E-state index contributed by atoms with van der Waals surface area (Å²) in [5, 5.41) is 8.39. The van der Waals surface area contributed by atoms with Crippen molar-refractivity contribution in [2.75, 3.05) is 36.1 Å². The van der Waals surface area contributed by atoms with Gasteiger partial charge in [0.05, 0.1) is 18.5 Å². The number of halogens is 3. The Labute approximate surface area is 206 Å². The van der Waals surface area contributed by atoms with E-state index in [-0.39, 0.29) is 17.7 Å². The number of likely N-dealkylation sites (tertiary alicyclic amines) is 1. The number of amides is 2. The molecule has 2 fully saturated rings. The van der Waals surface area contributed by atoms with Crippen molar-refractivity contribution in [1.29, 1.82) is 0 Å². The predicted octanol–water partition coefficient (Wildman–Crippen LogP) is 4.88. The molecule has 0 bridgehead atoms. The van der Waals surface area contributed by atoms with E-state index in [0.717, 1.165) is 30.9 Å². The summed E-state index contributed by atoms with van der Waals surface area (Å²) in [5.41, 5.74) is 0.527. The normalized spacial score (nSPS) is 17.8. The number of benzene rings is 1. The SMILES string of the molecule is C=CC(=O)Nc1cc(C2CCC2)ccc1Nc1nc(N[C@@H]2CCN(C(=O)OC)C2)ncc1C(F)(F)F. The zero-order valence-corrected chi connectivity index (χ0v) is 19.7. The first-order chi connectivity index (χ1) is 17.2. The third-order valence-corrected chi connectivity index (χ3v) is 6.36. The highest BCUT2D eigenvalue weighted by Crippen LogP contribution is 2.40. The van der Waals surface area contributed by atoms with Crippen LogP contribution in [0.15, 0.2) is 37.1 Å². The lowest BCUT2D eigenvalue weighted by atomic mass is 9.80. The molecule has 36 heavy (non-hydrogen) atoms. The van der Waals surface area contributed by atoms with Gasteiger partial charge in [-0.05, 0) is 49.0 Å². The minimum absolute atomic E-state index is 0.0232. The second kappa shape index (κ2) is 10.4. The lowest BCUT2D eigenvalue weighted by molar-refractivity contribution is -0.137. The number of alkyl halides is 3. The molecule has 2 aromatic rings. The van der Waals surface area contributed by atoms with Gasteiger partial charge in [-0.2, -0.15) is 18.2 Å². The largest absolute Gasteiger partial charge is 0.453 e. The fourth-order valence-electron chi connectivity index (χ4n) is 4.19. The summed E-state index contributed by atoms with van der Waals surface area (Å²) >= 11 is 0. The molecule has 192 valence electrons. The van der Waals surface area contributed by atoms with Crippen LogP contribution in [-0.4, -0.2) is 53.1 Å². The van der Waals surface area contributed by atoms with Gasteiger partial charge in [0.15, 0.2) is 0 Å². The zero-order valence-electron chi connectivity index (χ0n) is 19.7. The van der Waals surface area contributed by atoms with Gasteiger partial charge in [-0.1, -0.05) is 19.1 Å². The number of nitrogens with zero attached hydrogens (tertiary/aromatic N) is 3. The van der Waals surface area contributed by atoms with Crippen LogP contribution < -0.4 is 16.0 Å². The molecule has 4 rings (SSSR count). The van der Waals surface area contributed by atoms with E-state index >= 15 is 0 Å². The molecule has 9 nitrogen and oxygen atoms in total. The topological polar surface area (TPSA) is 108 Å². The molecule has 1 saturated carbocycles. The number of hydrogen-bond acceptors (Lipinski definition) is 7. The van der Waals surface area contributed by atoms with Gasteiger partial charge in [0.2, 0.25) is 11.9 Å². The molecule has 2 amide bonds. The average molecular weight is 505 g/mol. The van der Waals surface area contributed by atoms with Gasteiger partial charge >= 0.3 is 12.3 Å². The summed E-state index contributed by atoms with van der Waals surface area (Å²) in [5.74, 6) is -0.616. The van der Waals surface area contributed by atoms with Crippen molar-refractivity contribution in [3.05, 3.63) is 48.2 Å². The molecule has 1 aromatic carbocycles. The van der Waals surface area contributed by atoms with Crippen molar-refractivity contribution in [3.63, 3.8) is 0 Å². The number of methoxy groups -OCH3 is 1. The second-order valence-corrected chi connectivity index (χ2v) is 8.75. The molecule has 2 heterocycles. The molecule has 0 spiro atoms. The lowest BCUT2D eigenvalue weighted by Crippen LogP contribution is -2.31. The molecule has 1 aromatic heterocycles. The standard InChI is InChI=1S/C24H27F3N6O3/c1-3-20(34)30-19-11-15(14-5-4-6-14)7-8-18(19)31-21-17(24(25,26)27)12-28-22(32-21)29-16-9-10-33(13-16)23(35)36-2/h3,7-8,11-12,14,16H,1,4-6,9-10,13H2,2H3,(H,30,34)(H2,28,29,31,32)/t16-/m1/s1. The van der Waals surface area contributed by atoms with Gasteiger partial charge in [-0.3, -0.25) is 4.79 Å². The Morgan fingerprint density at radius 3 is 2.64 bits per heavy atom. The summed E-state index contributed by atoms with van der Waals surface area (Å²) in [6.45, 7) is 4.19. The number of nitrogens with one attached hydrogen (secondary N) is 3. The maximum Gasteiger partial charge on any atom is 0.421 e. The van der Waals surface area contributed by atoms with E-state index in [4.69, 9.17) is 4.74 Å². The summed E-state index contributed by atoms with van der Waals surface area (Å²) in [7, 11) is 1.28. The number of rotatable bonds is 7. The van der Waals surface area contributed by atoms with E-state index < -0.39 is 29.6 Å². The maximum absolute atomic E-state index is 13.8. The van der Waals surface area contributed by atoms with Gasteiger partial charge in [0.25, 0.3) is 0 Å². The fourth-order valence-corrected chi connectivity index (χ4v) is 4.19. The molecule has 0 unspecified atom stereocenters. The molecule has 1 saturated heterocycles. The van der Waals surface area contributed by atoms with Crippen LogP contribution in [0, 0.1) is 0 Å². The number of carbonyl (C=O) groups is 2. The summed E-state index contributed by atoms with van der Waals surface area (Å²) < 4.78 is 46.0. The Morgan fingerprint density at radius 1 is 1.22 bits per heavy atom. The number of ether oxygens (including phenoxy) is 1. The van der Waals surface area contributed by atoms with Gasteiger partial charge in [-0.25, -0.2) is 9.78 Å². The Morgan fingerprint density at radius 2 is 2.00 bits per heavy atom. The second-order valence-electron chi connectivity index (χ2n) is 8.75. The molecular formula is C24H27F3N6O3. The van der Waals surface area contributed by atoms with Crippen molar-refractivity contribution in [3.8, 4) is 0 Å². The van der Waals surface area contributed by atoms with Crippen LogP contribution >= 0.6 is 0 Å². The Balaban J connectivity index is 1.61. The minimum atomic E-state index is -4.72. The van der Waals surface area contributed by atoms with Gasteiger partial charge in [-0.15, -0.1) is 0 Å². The van der Waals surface area contributed by atoms with Crippen LogP contribution in [0.5, 0.6) is 0 Å².